The minimum absolute atomic E-state index is 0.0500. The van der Waals surface area contributed by atoms with Crippen LogP contribution in [0.4, 0.5) is 17.1 Å². The Labute approximate surface area is 265 Å². The number of hydrogen-bond donors (Lipinski definition) is 0. The van der Waals surface area contributed by atoms with Crippen molar-refractivity contribution in [2.24, 2.45) is 0 Å². The van der Waals surface area contributed by atoms with Crippen LogP contribution in [0.3, 0.4) is 0 Å². The molecule has 1 aliphatic carbocycles. The van der Waals surface area contributed by atoms with Crippen LogP contribution in [0, 0.1) is 0 Å². The molecule has 7 aromatic carbocycles. The molecular formula is C43H29NO2. The van der Waals surface area contributed by atoms with Gasteiger partial charge in [0.25, 0.3) is 0 Å². The molecule has 0 spiro atoms. The first-order valence-corrected chi connectivity index (χ1v) is 15.8. The average molecular weight is 592 g/mol. The molecule has 0 fully saturated rings. The van der Waals surface area contributed by atoms with E-state index >= 15 is 0 Å². The standard InChI is InChI=1S/C43H29NO2/c1-43(2)36-12-6-3-9-31(36)34-24-28(17-20-37(34)43)44(29-18-22-40-35(25-29)32-10-4-7-13-38(32)45-40)27-16-19-30-26(23-27)15-21-41-42(30)33-11-5-8-14-39(33)46-41/h3-25H,1-2H3. The van der Waals surface area contributed by atoms with Crippen LogP contribution in [0.25, 0.3) is 65.8 Å². The third-order valence-corrected chi connectivity index (χ3v) is 10.0. The third-order valence-electron chi connectivity index (χ3n) is 10.0. The van der Waals surface area contributed by atoms with Crippen molar-refractivity contribution in [3.05, 3.63) is 151 Å². The Bertz CT molecular complexity index is 2690. The lowest BCUT2D eigenvalue weighted by Crippen LogP contribution is -2.15. The molecule has 0 saturated heterocycles. The molecule has 10 rings (SSSR count). The molecule has 9 aromatic rings. The molecule has 218 valence electrons. The predicted octanol–water partition coefficient (Wildman–Crippen LogP) is 12.4. The largest absolute Gasteiger partial charge is 0.456 e. The van der Waals surface area contributed by atoms with Crippen molar-refractivity contribution in [2.75, 3.05) is 4.90 Å². The van der Waals surface area contributed by atoms with Crippen LogP contribution in [0.1, 0.15) is 25.0 Å². The van der Waals surface area contributed by atoms with Gasteiger partial charge in [-0.05, 0) is 93.7 Å². The first kappa shape index (κ1) is 25.5. The molecule has 0 radical (unpaired) electrons. The van der Waals surface area contributed by atoms with E-state index < -0.39 is 0 Å². The number of furan rings is 2. The van der Waals surface area contributed by atoms with Crippen molar-refractivity contribution < 1.29 is 8.83 Å². The zero-order chi connectivity index (χ0) is 30.6. The van der Waals surface area contributed by atoms with E-state index in [-0.39, 0.29) is 5.41 Å². The van der Waals surface area contributed by atoms with Gasteiger partial charge in [-0.3, -0.25) is 0 Å². The van der Waals surface area contributed by atoms with Gasteiger partial charge in [0.2, 0.25) is 0 Å². The van der Waals surface area contributed by atoms with Gasteiger partial charge in [-0.25, -0.2) is 0 Å². The fraction of sp³-hybridized carbons (Fsp3) is 0.0698. The van der Waals surface area contributed by atoms with Crippen LogP contribution >= 0.6 is 0 Å². The molecule has 2 aromatic heterocycles. The molecule has 46 heavy (non-hydrogen) atoms. The van der Waals surface area contributed by atoms with Gasteiger partial charge >= 0.3 is 0 Å². The van der Waals surface area contributed by atoms with Gasteiger partial charge in [0.05, 0.1) is 0 Å². The summed E-state index contributed by atoms with van der Waals surface area (Å²) >= 11 is 0. The lowest BCUT2D eigenvalue weighted by molar-refractivity contribution is 0.660. The highest BCUT2D eigenvalue weighted by Crippen LogP contribution is 2.51. The van der Waals surface area contributed by atoms with E-state index in [0.29, 0.717) is 0 Å². The molecule has 3 nitrogen and oxygen atoms in total. The van der Waals surface area contributed by atoms with E-state index in [0.717, 1.165) is 60.9 Å². The maximum absolute atomic E-state index is 6.22. The van der Waals surface area contributed by atoms with Crippen molar-refractivity contribution in [1.82, 2.24) is 0 Å². The van der Waals surface area contributed by atoms with Crippen molar-refractivity contribution in [3.63, 3.8) is 0 Å². The van der Waals surface area contributed by atoms with E-state index in [4.69, 9.17) is 8.83 Å². The Hall–Kier alpha value is -5.80. The summed E-state index contributed by atoms with van der Waals surface area (Å²) in [6.07, 6.45) is 0. The maximum Gasteiger partial charge on any atom is 0.136 e. The Morgan fingerprint density at radius 2 is 1.04 bits per heavy atom. The van der Waals surface area contributed by atoms with Gasteiger partial charge in [-0.1, -0.05) is 92.7 Å². The van der Waals surface area contributed by atoms with E-state index in [2.05, 4.69) is 134 Å². The second kappa shape index (κ2) is 9.12. The van der Waals surface area contributed by atoms with Gasteiger partial charge in [-0.2, -0.15) is 0 Å². The number of rotatable bonds is 3. The molecule has 2 heterocycles. The lowest BCUT2D eigenvalue weighted by atomic mass is 9.82. The van der Waals surface area contributed by atoms with E-state index in [1.807, 2.05) is 24.3 Å². The summed E-state index contributed by atoms with van der Waals surface area (Å²) in [6, 6.07) is 50.0. The fourth-order valence-corrected chi connectivity index (χ4v) is 7.83. The second-order valence-corrected chi connectivity index (χ2v) is 13.0. The second-order valence-electron chi connectivity index (χ2n) is 13.0. The number of hydrogen-bond acceptors (Lipinski definition) is 3. The van der Waals surface area contributed by atoms with Crippen LogP contribution in [0.15, 0.2) is 148 Å². The summed E-state index contributed by atoms with van der Waals surface area (Å²) in [7, 11) is 0. The minimum atomic E-state index is -0.0500. The molecule has 0 unspecified atom stereocenters. The normalized spacial score (nSPS) is 13.6. The van der Waals surface area contributed by atoms with Gasteiger partial charge in [0, 0.05) is 44.0 Å². The molecule has 0 bridgehead atoms. The SMILES string of the molecule is CC1(C)c2ccccc2-c2cc(N(c3ccc4c(ccc5oc6ccccc6c54)c3)c3ccc4oc5ccccc5c4c3)ccc21. The van der Waals surface area contributed by atoms with Gasteiger partial charge < -0.3 is 13.7 Å². The Balaban J connectivity index is 1.22. The van der Waals surface area contributed by atoms with Crippen molar-refractivity contribution >= 4 is 71.7 Å². The summed E-state index contributed by atoms with van der Waals surface area (Å²) in [4.78, 5) is 2.38. The molecule has 0 atom stereocenters. The van der Waals surface area contributed by atoms with Crippen LogP contribution in [0.5, 0.6) is 0 Å². The van der Waals surface area contributed by atoms with Crippen molar-refractivity contribution in [1.29, 1.82) is 0 Å². The molecule has 3 heteroatoms. The molecule has 0 saturated carbocycles. The topological polar surface area (TPSA) is 29.5 Å². The molecule has 1 aliphatic rings. The summed E-state index contributed by atoms with van der Waals surface area (Å²) in [6.45, 7) is 4.66. The lowest BCUT2D eigenvalue weighted by Gasteiger charge is -2.27. The van der Waals surface area contributed by atoms with Crippen LogP contribution < -0.4 is 4.90 Å². The fourth-order valence-electron chi connectivity index (χ4n) is 7.83. The number of nitrogens with zero attached hydrogens (tertiary/aromatic N) is 1. The van der Waals surface area contributed by atoms with Crippen LogP contribution in [-0.2, 0) is 5.41 Å². The molecule has 0 aliphatic heterocycles. The van der Waals surface area contributed by atoms with Crippen LogP contribution in [-0.4, -0.2) is 0 Å². The Morgan fingerprint density at radius 3 is 1.93 bits per heavy atom. The van der Waals surface area contributed by atoms with E-state index in [9.17, 15) is 0 Å². The van der Waals surface area contributed by atoms with Crippen molar-refractivity contribution in [2.45, 2.75) is 19.3 Å². The van der Waals surface area contributed by atoms with E-state index in [1.165, 1.54) is 33.0 Å². The summed E-state index contributed by atoms with van der Waals surface area (Å²) in [5.41, 5.74) is 12.2. The van der Waals surface area contributed by atoms with Gasteiger partial charge in [-0.15, -0.1) is 0 Å². The monoisotopic (exact) mass is 591 g/mol. The van der Waals surface area contributed by atoms with Crippen molar-refractivity contribution in [3.8, 4) is 11.1 Å². The summed E-state index contributed by atoms with van der Waals surface area (Å²) in [5.74, 6) is 0. The summed E-state index contributed by atoms with van der Waals surface area (Å²) in [5, 5.41) is 6.89. The number of fused-ring (bicyclic) bond motifs is 11. The number of para-hydroxylation sites is 2. The molecule has 0 N–H and O–H groups in total. The number of benzene rings is 7. The predicted molar refractivity (Wildman–Crippen MR) is 191 cm³/mol. The number of anilines is 3. The minimum Gasteiger partial charge on any atom is -0.456 e. The quantitative estimate of drug-likeness (QED) is 0.205. The van der Waals surface area contributed by atoms with Gasteiger partial charge in [0.1, 0.15) is 22.3 Å². The third kappa shape index (κ3) is 3.48. The smallest absolute Gasteiger partial charge is 0.136 e. The highest BCUT2D eigenvalue weighted by Gasteiger charge is 2.35. The highest BCUT2D eigenvalue weighted by molar-refractivity contribution is 6.19. The molecular weight excluding hydrogens is 562 g/mol. The average Bonchev–Trinajstić information content (AvgIpc) is 3.73. The Morgan fingerprint density at radius 1 is 0.435 bits per heavy atom. The van der Waals surface area contributed by atoms with Crippen LogP contribution in [0.2, 0.25) is 0 Å². The first-order chi connectivity index (χ1) is 22.5. The zero-order valence-corrected chi connectivity index (χ0v) is 25.5. The van der Waals surface area contributed by atoms with Gasteiger partial charge in [0.15, 0.2) is 0 Å². The highest BCUT2D eigenvalue weighted by atomic mass is 16.3. The maximum atomic E-state index is 6.22. The summed E-state index contributed by atoms with van der Waals surface area (Å²) < 4.78 is 12.4. The zero-order valence-electron chi connectivity index (χ0n) is 25.5. The molecule has 0 amide bonds. The Kier molecular flexibility index (Phi) is 5.06. The first-order valence-electron chi connectivity index (χ1n) is 15.8. The van der Waals surface area contributed by atoms with E-state index in [1.54, 1.807) is 0 Å².